The molecular formula is C9H12O2. The average molecular weight is 152 g/mol. The summed E-state index contributed by atoms with van der Waals surface area (Å²) in [6, 6.07) is 0. The van der Waals surface area contributed by atoms with E-state index in [0.717, 1.165) is 19.3 Å². The topological polar surface area (TPSA) is 26.3 Å². The second-order valence-electron chi connectivity index (χ2n) is 2.64. The fourth-order valence-corrected chi connectivity index (χ4v) is 1.15. The molecule has 0 aromatic carbocycles. The Morgan fingerprint density at radius 2 is 2.27 bits per heavy atom. The molecule has 1 rings (SSSR count). The third-order valence-electron chi connectivity index (χ3n) is 1.75. The van der Waals surface area contributed by atoms with E-state index in [4.69, 9.17) is 4.74 Å². The van der Waals surface area contributed by atoms with Crippen LogP contribution in [-0.4, -0.2) is 12.6 Å². The van der Waals surface area contributed by atoms with Crippen LogP contribution < -0.4 is 0 Å². The van der Waals surface area contributed by atoms with Gasteiger partial charge in [0.25, 0.3) is 6.47 Å². The van der Waals surface area contributed by atoms with Crippen LogP contribution in [0.1, 0.15) is 32.1 Å². The number of hydrogen-bond acceptors (Lipinski definition) is 2. The van der Waals surface area contributed by atoms with Crippen molar-refractivity contribution in [3.05, 3.63) is 0 Å². The summed E-state index contributed by atoms with van der Waals surface area (Å²) < 4.78 is 4.76. The third kappa shape index (κ3) is 3.08. The zero-order valence-electron chi connectivity index (χ0n) is 6.51. The van der Waals surface area contributed by atoms with E-state index in [9.17, 15) is 4.79 Å². The van der Waals surface area contributed by atoms with Crippen molar-refractivity contribution in [2.75, 3.05) is 0 Å². The minimum Gasteiger partial charge on any atom is -0.451 e. The smallest absolute Gasteiger partial charge is 0.294 e. The van der Waals surface area contributed by atoms with E-state index in [0.29, 0.717) is 6.47 Å². The van der Waals surface area contributed by atoms with E-state index in [1.54, 1.807) is 0 Å². The Morgan fingerprint density at radius 1 is 1.36 bits per heavy atom. The minimum atomic E-state index is -0.146. The van der Waals surface area contributed by atoms with Gasteiger partial charge in [0.05, 0.1) is 0 Å². The van der Waals surface area contributed by atoms with Crippen molar-refractivity contribution < 1.29 is 9.53 Å². The first-order chi connectivity index (χ1) is 5.43. The molecule has 0 aromatic heterocycles. The Labute approximate surface area is 66.9 Å². The van der Waals surface area contributed by atoms with E-state index in [1.807, 2.05) is 0 Å². The van der Waals surface area contributed by atoms with Crippen molar-refractivity contribution in [1.82, 2.24) is 0 Å². The summed E-state index contributed by atoms with van der Waals surface area (Å²) in [6.07, 6.45) is 5.19. The van der Waals surface area contributed by atoms with Gasteiger partial charge < -0.3 is 4.74 Å². The number of carbonyl (C=O) groups is 1. The van der Waals surface area contributed by atoms with E-state index < -0.39 is 0 Å². The first-order valence-corrected chi connectivity index (χ1v) is 4.01. The Morgan fingerprint density at radius 3 is 3.09 bits per heavy atom. The van der Waals surface area contributed by atoms with Crippen LogP contribution in [0.2, 0.25) is 0 Å². The summed E-state index contributed by atoms with van der Waals surface area (Å²) in [5.74, 6) is 5.91. The predicted octanol–water partition coefficient (Wildman–Crippen LogP) is 1.50. The van der Waals surface area contributed by atoms with Crippen molar-refractivity contribution in [3.8, 4) is 11.8 Å². The Bertz CT molecular complexity index is 176. The van der Waals surface area contributed by atoms with E-state index in [1.165, 1.54) is 12.8 Å². The van der Waals surface area contributed by atoms with Gasteiger partial charge in [-0.25, -0.2) is 0 Å². The highest BCUT2D eigenvalue weighted by Gasteiger charge is 2.05. The van der Waals surface area contributed by atoms with Gasteiger partial charge in [-0.2, -0.15) is 0 Å². The lowest BCUT2D eigenvalue weighted by molar-refractivity contribution is -0.131. The second kappa shape index (κ2) is 4.79. The van der Waals surface area contributed by atoms with Gasteiger partial charge >= 0.3 is 0 Å². The monoisotopic (exact) mass is 152 g/mol. The predicted molar refractivity (Wildman–Crippen MR) is 41.8 cm³/mol. The van der Waals surface area contributed by atoms with E-state index >= 15 is 0 Å². The first kappa shape index (κ1) is 8.13. The van der Waals surface area contributed by atoms with E-state index in [-0.39, 0.29) is 6.10 Å². The van der Waals surface area contributed by atoms with Crippen molar-refractivity contribution in [2.45, 2.75) is 38.2 Å². The molecule has 0 fully saturated rings. The molecule has 0 N–H and O–H groups in total. The number of carbonyl (C=O) groups excluding carboxylic acids is 1. The molecule has 2 nitrogen and oxygen atoms in total. The zero-order chi connectivity index (χ0) is 7.94. The maximum absolute atomic E-state index is 9.98. The minimum absolute atomic E-state index is 0.146. The highest BCUT2D eigenvalue weighted by Crippen LogP contribution is 2.09. The van der Waals surface area contributed by atoms with Gasteiger partial charge in [-0.05, 0) is 19.3 Å². The van der Waals surface area contributed by atoms with Crippen LogP contribution in [0.15, 0.2) is 0 Å². The molecule has 0 saturated heterocycles. The van der Waals surface area contributed by atoms with Crippen molar-refractivity contribution in [3.63, 3.8) is 0 Å². The first-order valence-electron chi connectivity index (χ1n) is 4.01. The lowest BCUT2D eigenvalue weighted by Gasteiger charge is -2.09. The summed E-state index contributed by atoms with van der Waals surface area (Å²) in [6.45, 7) is 0.487. The molecule has 60 valence electrons. The summed E-state index contributed by atoms with van der Waals surface area (Å²) in [5.41, 5.74) is 0. The van der Waals surface area contributed by atoms with Crippen molar-refractivity contribution in [2.24, 2.45) is 0 Å². The van der Waals surface area contributed by atoms with Crippen LogP contribution in [0.3, 0.4) is 0 Å². The lowest BCUT2D eigenvalue weighted by atomic mass is 10.1. The van der Waals surface area contributed by atoms with Crippen LogP contribution in [0.4, 0.5) is 0 Å². The molecule has 1 aliphatic carbocycles. The number of ether oxygens (including phenoxy) is 1. The summed E-state index contributed by atoms with van der Waals surface area (Å²) >= 11 is 0. The van der Waals surface area contributed by atoms with Crippen LogP contribution in [0.5, 0.6) is 0 Å². The van der Waals surface area contributed by atoms with Crippen LogP contribution in [0.25, 0.3) is 0 Å². The van der Waals surface area contributed by atoms with Crippen molar-refractivity contribution >= 4 is 6.47 Å². The molecule has 1 unspecified atom stereocenters. The highest BCUT2D eigenvalue weighted by molar-refractivity contribution is 5.38. The van der Waals surface area contributed by atoms with Gasteiger partial charge in [-0.1, -0.05) is 18.3 Å². The molecular weight excluding hydrogens is 140 g/mol. The molecule has 1 aliphatic rings. The summed E-state index contributed by atoms with van der Waals surface area (Å²) in [5, 5.41) is 0. The fraction of sp³-hybridized carbons (Fsp3) is 0.667. The van der Waals surface area contributed by atoms with Crippen LogP contribution in [-0.2, 0) is 9.53 Å². The second-order valence-corrected chi connectivity index (χ2v) is 2.64. The maximum Gasteiger partial charge on any atom is 0.294 e. The van der Waals surface area contributed by atoms with Gasteiger partial charge in [0.2, 0.25) is 0 Å². The number of rotatable bonds is 2. The van der Waals surface area contributed by atoms with Gasteiger partial charge in [0, 0.05) is 6.42 Å². The fourth-order valence-electron chi connectivity index (χ4n) is 1.15. The lowest BCUT2D eigenvalue weighted by Crippen LogP contribution is -2.10. The largest absolute Gasteiger partial charge is 0.451 e. The van der Waals surface area contributed by atoms with Gasteiger partial charge in [0.1, 0.15) is 0 Å². The summed E-state index contributed by atoms with van der Waals surface area (Å²) in [4.78, 5) is 9.98. The molecule has 0 amide bonds. The van der Waals surface area contributed by atoms with Crippen LogP contribution in [0, 0.1) is 11.8 Å². The Balaban J connectivity index is 2.40. The highest BCUT2D eigenvalue weighted by atomic mass is 16.5. The molecule has 11 heavy (non-hydrogen) atoms. The normalized spacial score (nSPS) is 23.8. The van der Waals surface area contributed by atoms with Gasteiger partial charge in [0.15, 0.2) is 6.10 Å². The number of hydrogen-bond donors (Lipinski definition) is 0. The van der Waals surface area contributed by atoms with Crippen molar-refractivity contribution in [1.29, 1.82) is 0 Å². The summed E-state index contributed by atoms with van der Waals surface area (Å²) in [7, 11) is 0. The SMILES string of the molecule is O=COC1C#CCCCCC1. The van der Waals surface area contributed by atoms with Crippen LogP contribution >= 0.6 is 0 Å². The Hall–Kier alpha value is -0.970. The molecule has 0 bridgehead atoms. The molecule has 1 atom stereocenters. The molecule has 0 radical (unpaired) electrons. The van der Waals surface area contributed by atoms with Gasteiger partial charge in [-0.15, -0.1) is 0 Å². The quantitative estimate of drug-likeness (QED) is 0.442. The molecule has 0 spiro atoms. The van der Waals surface area contributed by atoms with E-state index in [2.05, 4.69) is 11.8 Å². The molecule has 2 heteroatoms. The molecule has 0 heterocycles. The molecule has 0 aromatic rings. The maximum atomic E-state index is 9.98. The molecule has 0 saturated carbocycles. The Kier molecular flexibility index (Phi) is 3.54. The zero-order valence-corrected chi connectivity index (χ0v) is 6.51. The third-order valence-corrected chi connectivity index (χ3v) is 1.75. The van der Waals surface area contributed by atoms with Gasteiger partial charge in [-0.3, -0.25) is 4.79 Å². The molecule has 0 aliphatic heterocycles. The standard InChI is InChI=1S/C9H12O2/c10-8-11-9-6-4-2-1-3-5-7-9/h8-9H,1-4,6H2. The average Bonchev–Trinajstić information content (AvgIpc) is 1.94.